The summed E-state index contributed by atoms with van der Waals surface area (Å²) in [6.45, 7) is 2.49. The van der Waals surface area contributed by atoms with E-state index in [9.17, 15) is 13.6 Å². The predicted octanol–water partition coefficient (Wildman–Crippen LogP) is -1.76. The van der Waals surface area contributed by atoms with Crippen LogP contribution in [0.4, 0.5) is 5.69 Å². The fourth-order valence-corrected chi connectivity index (χ4v) is 3.09. The first-order valence-corrected chi connectivity index (χ1v) is 8.29. The van der Waals surface area contributed by atoms with Gasteiger partial charge >= 0.3 is 0 Å². The molecule has 1 aromatic carbocycles. The predicted molar refractivity (Wildman–Crippen MR) is 79.5 cm³/mol. The molecule has 0 saturated carbocycles. The third-order valence-electron chi connectivity index (χ3n) is 3.16. The SMILES string of the molecule is Cc1ccc(N(O)S(=O)(=O)CCCn2cc[n+](C)c2)cc1.[Cl-]. The number of anilines is 1. The Morgan fingerprint density at radius 1 is 1.27 bits per heavy atom. The van der Waals surface area contributed by atoms with Gasteiger partial charge in [-0.15, -0.1) is 4.47 Å². The Kier molecular flexibility index (Phi) is 6.40. The van der Waals surface area contributed by atoms with E-state index in [0.29, 0.717) is 17.4 Å². The van der Waals surface area contributed by atoms with Gasteiger partial charge in [-0.1, -0.05) is 17.7 Å². The molecule has 0 amide bonds. The molecule has 2 rings (SSSR count). The van der Waals surface area contributed by atoms with Gasteiger partial charge in [0.25, 0.3) is 10.0 Å². The lowest BCUT2D eigenvalue weighted by atomic mass is 10.2. The molecule has 0 atom stereocenters. The first-order chi connectivity index (χ1) is 9.88. The van der Waals surface area contributed by atoms with Gasteiger partial charge < -0.3 is 12.4 Å². The van der Waals surface area contributed by atoms with E-state index in [-0.39, 0.29) is 23.8 Å². The first-order valence-electron chi connectivity index (χ1n) is 6.68. The summed E-state index contributed by atoms with van der Waals surface area (Å²) in [5.74, 6) is -0.112. The number of aromatic nitrogens is 2. The highest BCUT2D eigenvalue weighted by Gasteiger charge is 2.20. The van der Waals surface area contributed by atoms with E-state index in [4.69, 9.17) is 0 Å². The molecule has 0 radical (unpaired) electrons. The average Bonchev–Trinajstić information content (AvgIpc) is 2.84. The van der Waals surface area contributed by atoms with Gasteiger partial charge in [0.05, 0.1) is 25.0 Å². The van der Waals surface area contributed by atoms with Gasteiger partial charge in [0.1, 0.15) is 12.4 Å². The summed E-state index contributed by atoms with van der Waals surface area (Å²) < 4.78 is 28.3. The number of halogens is 1. The van der Waals surface area contributed by atoms with Crippen LogP contribution < -0.4 is 21.4 Å². The number of rotatable bonds is 6. The summed E-state index contributed by atoms with van der Waals surface area (Å²) in [6.07, 6.45) is 6.08. The van der Waals surface area contributed by atoms with E-state index in [1.807, 2.05) is 41.8 Å². The van der Waals surface area contributed by atoms with Gasteiger partial charge in [-0.2, -0.15) is 0 Å². The Bertz CT molecular complexity index is 698. The minimum absolute atomic E-state index is 0. The maximum absolute atomic E-state index is 12.1. The fourth-order valence-electron chi connectivity index (χ4n) is 1.98. The summed E-state index contributed by atoms with van der Waals surface area (Å²) in [5, 5.41) is 9.87. The van der Waals surface area contributed by atoms with Gasteiger partial charge in [0.2, 0.25) is 6.33 Å². The summed E-state index contributed by atoms with van der Waals surface area (Å²) in [6, 6.07) is 6.68. The summed E-state index contributed by atoms with van der Waals surface area (Å²) in [4.78, 5) is 0. The van der Waals surface area contributed by atoms with E-state index in [0.717, 1.165) is 5.56 Å². The Hall–Kier alpha value is -1.57. The Balaban J connectivity index is 0.00000242. The quantitative estimate of drug-likeness (QED) is 0.498. The zero-order valence-corrected chi connectivity index (χ0v) is 14.1. The molecule has 0 saturated heterocycles. The largest absolute Gasteiger partial charge is 1.00 e. The van der Waals surface area contributed by atoms with Crippen molar-refractivity contribution < 1.29 is 30.6 Å². The van der Waals surface area contributed by atoms with Crippen molar-refractivity contribution in [2.24, 2.45) is 7.05 Å². The maximum Gasteiger partial charge on any atom is 0.257 e. The van der Waals surface area contributed by atoms with E-state index in [2.05, 4.69) is 0 Å². The van der Waals surface area contributed by atoms with E-state index < -0.39 is 10.0 Å². The van der Waals surface area contributed by atoms with Crippen LogP contribution in [-0.4, -0.2) is 23.9 Å². The van der Waals surface area contributed by atoms with Crippen LogP contribution in [0.1, 0.15) is 12.0 Å². The van der Waals surface area contributed by atoms with Crippen molar-refractivity contribution in [2.75, 3.05) is 10.2 Å². The number of nitrogens with zero attached hydrogens (tertiary/aromatic N) is 3. The molecule has 1 aromatic heterocycles. The second-order valence-electron chi connectivity index (χ2n) is 5.06. The van der Waals surface area contributed by atoms with Crippen LogP contribution in [0, 0.1) is 6.92 Å². The monoisotopic (exact) mass is 345 g/mol. The normalized spacial score (nSPS) is 11.0. The molecule has 0 unspecified atom stereocenters. The van der Waals surface area contributed by atoms with E-state index in [1.165, 1.54) is 0 Å². The zero-order valence-electron chi connectivity index (χ0n) is 12.6. The Morgan fingerprint density at radius 3 is 2.45 bits per heavy atom. The molecule has 22 heavy (non-hydrogen) atoms. The van der Waals surface area contributed by atoms with Crippen molar-refractivity contribution in [1.82, 2.24) is 4.57 Å². The molecule has 0 fully saturated rings. The zero-order chi connectivity index (χ0) is 15.5. The van der Waals surface area contributed by atoms with Crippen molar-refractivity contribution in [3.8, 4) is 0 Å². The summed E-state index contributed by atoms with van der Waals surface area (Å²) in [7, 11) is -1.82. The van der Waals surface area contributed by atoms with Crippen LogP contribution in [0.3, 0.4) is 0 Å². The van der Waals surface area contributed by atoms with E-state index >= 15 is 0 Å². The van der Waals surface area contributed by atoms with Crippen LogP contribution in [0.2, 0.25) is 0 Å². The smallest absolute Gasteiger partial charge is 0.257 e. The molecule has 0 aliphatic rings. The topological polar surface area (TPSA) is 66.4 Å². The molecule has 1 N–H and O–H groups in total. The van der Waals surface area contributed by atoms with Crippen molar-refractivity contribution in [3.05, 3.63) is 48.5 Å². The second-order valence-corrected chi connectivity index (χ2v) is 6.98. The minimum atomic E-state index is -3.72. The number of hydrogen-bond donors (Lipinski definition) is 1. The standard InChI is InChI=1S/C14H20N3O3S.ClH/c1-13-4-6-14(7-5-13)17(18)21(19,20)11-3-8-16-10-9-15(2)12-16;/h4-7,9-10,12,18H,3,8,11H2,1-2H3;1H/q+1;/p-1. The third kappa shape index (κ3) is 4.72. The third-order valence-corrected chi connectivity index (χ3v) is 4.70. The summed E-state index contributed by atoms with van der Waals surface area (Å²) in [5.41, 5.74) is 1.26. The fraction of sp³-hybridized carbons (Fsp3) is 0.357. The summed E-state index contributed by atoms with van der Waals surface area (Å²) >= 11 is 0. The van der Waals surface area contributed by atoms with E-state index in [1.54, 1.807) is 24.3 Å². The number of sulfonamides is 1. The van der Waals surface area contributed by atoms with Crippen molar-refractivity contribution in [2.45, 2.75) is 19.9 Å². The van der Waals surface area contributed by atoms with Crippen molar-refractivity contribution in [3.63, 3.8) is 0 Å². The van der Waals surface area contributed by atoms with Crippen LogP contribution in [0.15, 0.2) is 43.0 Å². The number of imidazole rings is 1. The highest BCUT2D eigenvalue weighted by Crippen LogP contribution is 2.17. The van der Waals surface area contributed by atoms with Crippen LogP contribution in [0.5, 0.6) is 0 Å². The lowest BCUT2D eigenvalue weighted by Gasteiger charge is -2.16. The van der Waals surface area contributed by atoms with Gasteiger partial charge in [-0.05, 0) is 19.1 Å². The highest BCUT2D eigenvalue weighted by molar-refractivity contribution is 7.92. The van der Waals surface area contributed by atoms with Crippen LogP contribution in [0.25, 0.3) is 0 Å². The highest BCUT2D eigenvalue weighted by atomic mass is 35.5. The van der Waals surface area contributed by atoms with Gasteiger partial charge in [-0.25, -0.2) is 17.6 Å². The number of hydrogen-bond acceptors (Lipinski definition) is 3. The molecule has 6 nitrogen and oxygen atoms in total. The van der Waals surface area contributed by atoms with Crippen LogP contribution >= 0.6 is 0 Å². The number of benzene rings is 1. The lowest BCUT2D eigenvalue weighted by molar-refractivity contribution is -0.671. The van der Waals surface area contributed by atoms with Crippen molar-refractivity contribution in [1.29, 1.82) is 0 Å². The molecule has 122 valence electrons. The molecule has 1 heterocycles. The first kappa shape index (κ1) is 18.5. The maximum atomic E-state index is 12.1. The van der Waals surface area contributed by atoms with Gasteiger partial charge in [-0.3, -0.25) is 5.21 Å². The van der Waals surface area contributed by atoms with Crippen molar-refractivity contribution >= 4 is 15.7 Å². The molecule has 2 aromatic rings. The number of aryl methyl sites for hydroxylation is 3. The molecule has 0 aliphatic heterocycles. The van der Waals surface area contributed by atoms with Crippen LogP contribution in [-0.2, 0) is 23.6 Å². The Labute approximate surface area is 137 Å². The van der Waals surface area contributed by atoms with Gasteiger partial charge in [0.15, 0.2) is 0 Å². The second kappa shape index (κ2) is 7.62. The average molecular weight is 346 g/mol. The molecule has 0 spiro atoms. The molecule has 8 heteroatoms. The molecular formula is C14H20ClN3O3S. The molecular weight excluding hydrogens is 326 g/mol. The minimum Gasteiger partial charge on any atom is -1.00 e. The van der Waals surface area contributed by atoms with Gasteiger partial charge in [0, 0.05) is 6.42 Å². The lowest BCUT2D eigenvalue weighted by Crippen LogP contribution is -3.00. The molecule has 0 aliphatic carbocycles. The Morgan fingerprint density at radius 2 is 1.91 bits per heavy atom. The molecule has 0 bridgehead atoms.